The van der Waals surface area contributed by atoms with Crippen LogP contribution in [0.25, 0.3) is 0 Å². The van der Waals surface area contributed by atoms with Crippen LogP contribution in [0.2, 0.25) is 0 Å². The smallest absolute Gasteiger partial charge is 0.130 e. The molecule has 98 valence electrons. The van der Waals surface area contributed by atoms with Gasteiger partial charge in [-0.2, -0.15) is 0 Å². The minimum atomic E-state index is 0.315. The van der Waals surface area contributed by atoms with Gasteiger partial charge in [-0.1, -0.05) is 37.6 Å². The molecule has 0 saturated heterocycles. The molecule has 0 heterocycles. The van der Waals surface area contributed by atoms with E-state index in [0.29, 0.717) is 30.0 Å². The van der Waals surface area contributed by atoms with Gasteiger partial charge in [0.05, 0.1) is 0 Å². The molecule has 1 heteroatoms. The van der Waals surface area contributed by atoms with Gasteiger partial charge < -0.3 is 4.79 Å². The van der Waals surface area contributed by atoms with Crippen molar-refractivity contribution in [1.29, 1.82) is 0 Å². The van der Waals surface area contributed by atoms with E-state index >= 15 is 0 Å². The zero-order valence-corrected chi connectivity index (χ0v) is 12.0. The summed E-state index contributed by atoms with van der Waals surface area (Å²) in [7, 11) is 0. The molecule has 0 saturated carbocycles. The lowest BCUT2D eigenvalue weighted by Crippen LogP contribution is -2.20. The Balaban J connectivity index is 2.33. The van der Waals surface area contributed by atoms with Crippen LogP contribution in [-0.2, 0) is 4.79 Å². The Labute approximate surface area is 111 Å². The Kier molecular flexibility index (Phi) is 3.89. The molecule has 0 bridgehead atoms. The Bertz CT molecular complexity index is 447. The van der Waals surface area contributed by atoms with E-state index in [1.807, 2.05) is 0 Å². The highest BCUT2D eigenvalue weighted by Crippen LogP contribution is 2.43. The first-order chi connectivity index (χ1) is 8.49. The minimum absolute atomic E-state index is 0.315. The van der Waals surface area contributed by atoms with E-state index in [4.69, 9.17) is 0 Å². The summed E-state index contributed by atoms with van der Waals surface area (Å²) in [6, 6.07) is 6.85. The molecule has 0 radical (unpaired) electrons. The van der Waals surface area contributed by atoms with Crippen LogP contribution in [0.5, 0.6) is 0 Å². The topological polar surface area (TPSA) is 17.1 Å². The van der Waals surface area contributed by atoms with E-state index in [9.17, 15) is 4.79 Å². The second-order valence-corrected chi connectivity index (χ2v) is 6.10. The first-order valence-electron chi connectivity index (χ1n) is 7.09. The van der Waals surface area contributed by atoms with Crippen molar-refractivity contribution in [2.24, 2.45) is 5.92 Å². The number of carbonyl (C=O) groups is 1. The number of hydrogen-bond donors (Lipinski definition) is 0. The molecular formula is C17H24O. The maximum absolute atomic E-state index is 11.3. The number of ketones is 1. The molecule has 0 N–H and O–H groups in total. The van der Waals surface area contributed by atoms with Crippen LogP contribution in [-0.4, -0.2) is 5.78 Å². The summed E-state index contributed by atoms with van der Waals surface area (Å²) in [6.07, 6.45) is 3.20. The van der Waals surface area contributed by atoms with Crippen molar-refractivity contribution in [3.8, 4) is 0 Å². The fraction of sp³-hybridized carbons (Fsp3) is 0.588. The summed E-state index contributed by atoms with van der Waals surface area (Å²) in [4.78, 5) is 11.3. The van der Waals surface area contributed by atoms with Crippen molar-refractivity contribution in [2.75, 3.05) is 0 Å². The normalized spacial score (nSPS) is 24.4. The third-order valence-electron chi connectivity index (χ3n) is 4.38. The minimum Gasteiger partial charge on any atom is -0.300 e. The Morgan fingerprint density at radius 3 is 2.72 bits per heavy atom. The second-order valence-electron chi connectivity index (χ2n) is 6.10. The first-order valence-corrected chi connectivity index (χ1v) is 7.09. The monoisotopic (exact) mass is 244 g/mol. The van der Waals surface area contributed by atoms with Crippen molar-refractivity contribution in [3.05, 3.63) is 34.9 Å². The number of carbonyl (C=O) groups excluding carboxylic acids is 1. The highest BCUT2D eigenvalue weighted by atomic mass is 16.1. The molecule has 1 aliphatic rings. The lowest BCUT2D eigenvalue weighted by Gasteiger charge is -2.33. The highest BCUT2D eigenvalue weighted by Gasteiger charge is 2.28. The third-order valence-corrected chi connectivity index (χ3v) is 4.38. The van der Waals surface area contributed by atoms with Gasteiger partial charge in [-0.25, -0.2) is 0 Å². The standard InChI is InChI=1S/C17H24O/c1-11-5-7-15-12(2)6-8-16(17(15)9-11)13(3)10-14(4)18/h5,7,9,12-13,16H,6,8,10H2,1-4H3/t12-,13-,16+/m0/s1. The van der Waals surface area contributed by atoms with Gasteiger partial charge in [0.2, 0.25) is 0 Å². The van der Waals surface area contributed by atoms with Crippen LogP contribution in [0.1, 0.15) is 68.6 Å². The summed E-state index contributed by atoms with van der Waals surface area (Å²) < 4.78 is 0. The summed E-state index contributed by atoms with van der Waals surface area (Å²) in [5, 5.41) is 0. The summed E-state index contributed by atoms with van der Waals surface area (Å²) in [5.74, 6) is 2.02. The molecule has 1 nitrogen and oxygen atoms in total. The van der Waals surface area contributed by atoms with E-state index in [1.54, 1.807) is 6.92 Å². The molecule has 18 heavy (non-hydrogen) atoms. The second kappa shape index (κ2) is 5.26. The molecule has 0 unspecified atom stereocenters. The summed E-state index contributed by atoms with van der Waals surface area (Å²) in [5.41, 5.74) is 4.35. The first kappa shape index (κ1) is 13.3. The molecule has 1 aromatic rings. The molecule has 0 amide bonds. The van der Waals surface area contributed by atoms with Gasteiger partial charge in [-0.15, -0.1) is 0 Å². The van der Waals surface area contributed by atoms with Gasteiger partial charge in [0.1, 0.15) is 5.78 Å². The fourth-order valence-corrected chi connectivity index (χ4v) is 3.39. The van der Waals surface area contributed by atoms with Crippen LogP contribution in [0.15, 0.2) is 18.2 Å². The van der Waals surface area contributed by atoms with E-state index < -0.39 is 0 Å². The van der Waals surface area contributed by atoms with Crippen LogP contribution in [0, 0.1) is 12.8 Å². The maximum atomic E-state index is 11.3. The number of Topliss-reactive ketones (excluding diaryl/α,β-unsaturated/α-hetero) is 1. The molecule has 0 aromatic heterocycles. The summed E-state index contributed by atoms with van der Waals surface area (Å²) in [6.45, 7) is 8.42. The SMILES string of the molecule is CC(=O)C[C@H](C)[C@H]1CC[C@H](C)c2ccc(C)cc21. The average molecular weight is 244 g/mol. The van der Waals surface area contributed by atoms with Gasteiger partial charge in [-0.3, -0.25) is 0 Å². The van der Waals surface area contributed by atoms with Crippen molar-refractivity contribution in [2.45, 2.75) is 58.8 Å². The Hall–Kier alpha value is -1.11. The number of hydrogen-bond acceptors (Lipinski definition) is 1. The van der Waals surface area contributed by atoms with Crippen LogP contribution < -0.4 is 0 Å². The summed E-state index contributed by atoms with van der Waals surface area (Å²) >= 11 is 0. The van der Waals surface area contributed by atoms with Crippen LogP contribution in [0.4, 0.5) is 0 Å². The van der Waals surface area contributed by atoms with E-state index in [-0.39, 0.29) is 0 Å². The molecule has 3 atom stereocenters. The van der Waals surface area contributed by atoms with Gasteiger partial charge in [0, 0.05) is 6.42 Å². The Morgan fingerprint density at radius 1 is 1.33 bits per heavy atom. The zero-order chi connectivity index (χ0) is 13.3. The number of fused-ring (bicyclic) bond motifs is 1. The predicted octanol–water partition coefficient (Wildman–Crippen LogP) is 4.59. The quantitative estimate of drug-likeness (QED) is 0.760. The van der Waals surface area contributed by atoms with Crippen LogP contribution in [0.3, 0.4) is 0 Å². The molecule has 0 spiro atoms. The van der Waals surface area contributed by atoms with E-state index in [0.717, 1.165) is 0 Å². The number of benzene rings is 1. The molecule has 1 aromatic carbocycles. The van der Waals surface area contributed by atoms with Gasteiger partial charge >= 0.3 is 0 Å². The highest BCUT2D eigenvalue weighted by molar-refractivity contribution is 5.75. The van der Waals surface area contributed by atoms with Gasteiger partial charge in [0.15, 0.2) is 0 Å². The van der Waals surface area contributed by atoms with Crippen molar-refractivity contribution in [3.63, 3.8) is 0 Å². The molecule has 2 rings (SSSR count). The number of rotatable bonds is 3. The molecule has 0 aliphatic heterocycles. The van der Waals surface area contributed by atoms with E-state index in [1.165, 1.54) is 29.5 Å². The third kappa shape index (κ3) is 2.66. The number of aryl methyl sites for hydroxylation is 1. The lowest BCUT2D eigenvalue weighted by atomic mass is 9.71. The van der Waals surface area contributed by atoms with Crippen molar-refractivity contribution in [1.82, 2.24) is 0 Å². The van der Waals surface area contributed by atoms with Crippen molar-refractivity contribution >= 4 is 5.78 Å². The zero-order valence-electron chi connectivity index (χ0n) is 12.0. The Morgan fingerprint density at radius 2 is 2.06 bits per heavy atom. The molecule has 1 aliphatic carbocycles. The van der Waals surface area contributed by atoms with Crippen LogP contribution >= 0.6 is 0 Å². The predicted molar refractivity (Wildman–Crippen MR) is 76.0 cm³/mol. The fourth-order valence-electron chi connectivity index (χ4n) is 3.39. The van der Waals surface area contributed by atoms with Crippen molar-refractivity contribution < 1.29 is 4.79 Å². The van der Waals surface area contributed by atoms with E-state index in [2.05, 4.69) is 39.0 Å². The lowest BCUT2D eigenvalue weighted by molar-refractivity contribution is -0.117. The molecule has 0 fully saturated rings. The maximum Gasteiger partial charge on any atom is 0.130 e. The van der Waals surface area contributed by atoms with Gasteiger partial charge in [-0.05, 0) is 55.6 Å². The molecular weight excluding hydrogens is 220 g/mol. The van der Waals surface area contributed by atoms with Gasteiger partial charge in [0.25, 0.3) is 0 Å². The largest absolute Gasteiger partial charge is 0.300 e. The average Bonchev–Trinajstić information content (AvgIpc) is 2.28.